The number of nitriles is 1. The molecule has 88 valence electrons. The second kappa shape index (κ2) is 6.40. The van der Waals surface area contributed by atoms with Gasteiger partial charge in [0.25, 0.3) is 0 Å². The summed E-state index contributed by atoms with van der Waals surface area (Å²) in [6.07, 6.45) is 0.430. The van der Waals surface area contributed by atoms with Crippen molar-refractivity contribution in [3.63, 3.8) is 0 Å². The molecule has 0 aliphatic heterocycles. The van der Waals surface area contributed by atoms with Crippen molar-refractivity contribution >= 4 is 0 Å². The lowest BCUT2D eigenvalue weighted by atomic mass is 10.1. The van der Waals surface area contributed by atoms with Gasteiger partial charge in [0.2, 0.25) is 5.82 Å². The molecule has 17 heavy (non-hydrogen) atoms. The number of rotatable bonds is 5. The summed E-state index contributed by atoms with van der Waals surface area (Å²) < 4.78 is 0. The molecule has 0 saturated carbocycles. The van der Waals surface area contributed by atoms with E-state index in [1.54, 1.807) is 6.07 Å². The lowest BCUT2D eigenvalue weighted by Crippen LogP contribution is -2.19. The highest BCUT2D eigenvalue weighted by atomic mass is 16.3. The number of aliphatic hydroxyl groups is 2. The predicted molar refractivity (Wildman–Crippen MR) is 56.3 cm³/mol. The SMILES string of the molecule is N#Cc1ncc(C(O)C(O)CCN=[N+]=[N-])cn1. The Kier molecular flexibility index (Phi) is 4.84. The summed E-state index contributed by atoms with van der Waals surface area (Å²) in [6, 6.07) is 1.74. The standard InChI is InChI=1S/C9H10N6O2/c10-3-8-12-4-6(5-13-8)9(17)7(16)1-2-14-15-11/h4-5,7,9,16-17H,1-2H2. The quantitative estimate of drug-likeness (QED) is 0.432. The van der Waals surface area contributed by atoms with Crippen LogP contribution in [0.2, 0.25) is 0 Å². The zero-order valence-electron chi connectivity index (χ0n) is 8.80. The van der Waals surface area contributed by atoms with E-state index in [0.717, 1.165) is 0 Å². The molecule has 8 heteroatoms. The minimum Gasteiger partial charge on any atom is -0.390 e. The minimum absolute atomic E-state index is 0.00970. The average molecular weight is 234 g/mol. The van der Waals surface area contributed by atoms with Gasteiger partial charge in [-0.15, -0.1) is 0 Å². The average Bonchev–Trinajstić information content (AvgIpc) is 2.38. The van der Waals surface area contributed by atoms with Crippen LogP contribution >= 0.6 is 0 Å². The van der Waals surface area contributed by atoms with Gasteiger partial charge in [0.05, 0.1) is 6.10 Å². The van der Waals surface area contributed by atoms with Gasteiger partial charge in [0.15, 0.2) is 0 Å². The molecular formula is C9H10N6O2. The third kappa shape index (κ3) is 3.70. The Bertz CT molecular complexity index is 448. The summed E-state index contributed by atoms with van der Waals surface area (Å²) in [6.45, 7) is 0.0891. The van der Waals surface area contributed by atoms with Gasteiger partial charge in [-0.25, -0.2) is 9.97 Å². The zero-order valence-corrected chi connectivity index (χ0v) is 8.80. The summed E-state index contributed by atoms with van der Waals surface area (Å²) in [5.41, 5.74) is 8.36. The molecule has 0 amide bonds. The van der Waals surface area contributed by atoms with E-state index in [9.17, 15) is 10.2 Å². The number of azide groups is 1. The first-order valence-electron chi connectivity index (χ1n) is 4.78. The Morgan fingerprint density at radius 2 is 2.12 bits per heavy atom. The van der Waals surface area contributed by atoms with E-state index in [1.807, 2.05) is 0 Å². The maximum absolute atomic E-state index is 9.70. The molecule has 0 aliphatic carbocycles. The van der Waals surface area contributed by atoms with Crippen molar-refractivity contribution in [2.75, 3.05) is 6.54 Å². The van der Waals surface area contributed by atoms with Crippen molar-refractivity contribution in [3.8, 4) is 6.07 Å². The third-order valence-corrected chi connectivity index (χ3v) is 2.07. The lowest BCUT2D eigenvalue weighted by molar-refractivity contribution is 0.0146. The normalized spacial score (nSPS) is 13.2. The summed E-state index contributed by atoms with van der Waals surface area (Å²) in [7, 11) is 0. The molecule has 0 radical (unpaired) electrons. The Morgan fingerprint density at radius 3 is 2.65 bits per heavy atom. The van der Waals surface area contributed by atoms with Crippen molar-refractivity contribution in [1.29, 1.82) is 5.26 Å². The van der Waals surface area contributed by atoms with Gasteiger partial charge in [-0.3, -0.25) is 0 Å². The molecule has 2 atom stereocenters. The van der Waals surface area contributed by atoms with Gasteiger partial charge >= 0.3 is 0 Å². The molecule has 0 aromatic carbocycles. The summed E-state index contributed by atoms with van der Waals surface area (Å²) >= 11 is 0. The fourth-order valence-corrected chi connectivity index (χ4v) is 1.16. The van der Waals surface area contributed by atoms with Crippen LogP contribution in [0.5, 0.6) is 0 Å². The third-order valence-electron chi connectivity index (χ3n) is 2.07. The molecule has 0 fully saturated rings. The molecular weight excluding hydrogens is 224 g/mol. The second-order valence-electron chi connectivity index (χ2n) is 3.21. The van der Waals surface area contributed by atoms with Crippen molar-refractivity contribution < 1.29 is 10.2 Å². The van der Waals surface area contributed by atoms with Gasteiger partial charge in [-0.05, 0) is 12.0 Å². The van der Waals surface area contributed by atoms with Gasteiger partial charge in [-0.2, -0.15) is 5.26 Å². The van der Waals surface area contributed by atoms with Crippen LogP contribution in [-0.2, 0) is 0 Å². The number of hydrogen-bond donors (Lipinski definition) is 2. The number of aliphatic hydroxyl groups excluding tert-OH is 2. The molecule has 1 heterocycles. The summed E-state index contributed by atoms with van der Waals surface area (Å²) in [4.78, 5) is 9.88. The van der Waals surface area contributed by atoms with E-state index >= 15 is 0 Å². The van der Waals surface area contributed by atoms with Crippen LogP contribution in [0.1, 0.15) is 23.9 Å². The van der Waals surface area contributed by atoms with Gasteiger partial charge in [0.1, 0.15) is 12.2 Å². The molecule has 0 saturated heterocycles. The van der Waals surface area contributed by atoms with Crippen LogP contribution in [0.4, 0.5) is 0 Å². The highest BCUT2D eigenvalue weighted by Crippen LogP contribution is 2.17. The summed E-state index contributed by atoms with van der Waals surface area (Å²) in [5, 5.41) is 31.0. The van der Waals surface area contributed by atoms with Crippen molar-refractivity contribution in [3.05, 3.63) is 34.2 Å². The van der Waals surface area contributed by atoms with Crippen LogP contribution in [0.25, 0.3) is 10.4 Å². The highest BCUT2D eigenvalue weighted by Gasteiger charge is 2.18. The molecule has 1 aromatic rings. The number of hydrogen-bond acceptors (Lipinski definition) is 6. The first kappa shape index (κ1) is 12.9. The van der Waals surface area contributed by atoms with Crippen molar-refractivity contribution in [2.45, 2.75) is 18.6 Å². The van der Waals surface area contributed by atoms with Crippen LogP contribution in [-0.4, -0.2) is 32.8 Å². The molecule has 1 aromatic heterocycles. The van der Waals surface area contributed by atoms with E-state index in [1.165, 1.54) is 12.4 Å². The van der Waals surface area contributed by atoms with Gasteiger partial charge in [0, 0.05) is 29.4 Å². The van der Waals surface area contributed by atoms with Crippen LogP contribution in [0, 0.1) is 11.3 Å². The zero-order chi connectivity index (χ0) is 12.7. The fraction of sp³-hybridized carbons (Fsp3) is 0.444. The van der Waals surface area contributed by atoms with Crippen molar-refractivity contribution in [2.24, 2.45) is 5.11 Å². The van der Waals surface area contributed by atoms with E-state index < -0.39 is 12.2 Å². The minimum atomic E-state index is -1.17. The Balaban J connectivity index is 2.64. The molecule has 1 rings (SSSR count). The monoisotopic (exact) mass is 234 g/mol. The van der Waals surface area contributed by atoms with E-state index in [-0.39, 0.29) is 18.8 Å². The molecule has 2 unspecified atom stereocenters. The van der Waals surface area contributed by atoms with E-state index in [2.05, 4.69) is 20.0 Å². The molecule has 2 N–H and O–H groups in total. The van der Waals surface area contributed by atoms with Crippen LogP contribution in [0.3, 0.4) is 0 Å². The number of nitrogens with zero attached hydrogens (tertiary/aromatic N) is 6. The fourth-order valence-electron chi connectivity index (χ4n) is 1.16. The van der Waals surface area contributed by atoms with Gasteiger partial charge < -0.3 is 10.2 Å². The van der Waals surface area contributed by atoms with Crippen LogP contribution < -0.4 is 0 Å². The molecule has 0 aliphatic rings. The topological polar surface area (TPSA) is 139 Å². The first-order valence-corrected chi connectivity index (χ1v) is 4.78. The highest BCUT2D eigenvalue weighted by molar-refractivity contribution is 5.15. The van der Waals surface area contributed by atoms with Gasteiger partial charge in [-0.1, -0.05) is 5.11 Å². The first-order chi connectivity index (χ1) is 8.19. The number of aromatic nitrogens is 2. The van der Waals surface area contributed by atoms with Crippen molar-refractivity contribution in [1.82, 2.24) is 9.97 Å². The van der Waals surface area contributed by atoms with Crippen LogP contribution in [0.15, 0.2) is 17.5 Å². The van der Waals surface area contributed by atoms with E-state index in [0.29, 0.717) is 5.56 Å². The maximum Gasteiger partial charge on any atom is 0.232 e. The Morgan fingerprint density at radius 1 is 1.47 bits per heavy atom. The summed E-state index contributed by atoms with van der Waals surface area (Å²) in [5.74, 6) is -0.00970. The molecule has 0 bridgehead atoms. The van der Waals surface area contributed by atoms with E-state index in [4.69, 9.17) is 10.8 Å². The smallest absolute Gasteiger partial charge is 0.232 e. The second-order valence-corrected chi connectivity index (χ2v) is 3.21. The largest absolute Gasteiger partial charge is 0.390 e. The molecule has 0 spiro atoms. The Labute approximate surface area is 96.8 Å². The molecule has 8 nitrogen and oxygen atoms in total. The Hall–Kier alpha value is -2.20. The maximum atomic E-state index is 9.70. The predicted octanol–water partition coefficient (Wildman–Crippen LogP) is 0.443. The lowest BCUT2D eigenvalue weighted by Gasteiger charge is -2.16.